The molecular weight excluding hydrogens is 804 g/mol. The van der Waals surface area contributed by atoms with Crippen molar-refractivity contribution in [3.05, 3.63) is 114 Å². The zero-order chi connectivity index (χ0) is 43.1. The lowest BCUT2D eigenvalue weighted by Crippen LogP contribution is -2.64. The fourth-order valence-electron chi connectivity index (χ4n) is 6.90. The average Bonchev–Trinajstić information content (AvgIpc) is 3.21. The van der Waals surface area contributed by atoms with Gasteiger partial charge in [0.2, 0.25) is 18.3 Å². The maximum atomic E-state index is 14.0. The lowest BCUT2D eigenvalue weighted by molar-refractivity contribution is -0.282. The van der Waals surface area contributed by atoms with Crippen LogP contribution < -0.4 is 9.64 Å². The highest BCUT2D eigenvalue weighted by Crippen LogP contribution is 2.47. The molecule has 1 aromatic heterocycles. The number of β-lactam (4-membered cyclic amide) rings is 1. The van der Waals surface area contributed by atoms with Crippen LogP contribution in [0.2, 0.25) is 0 Å². The average molecular weight is 845 g/mol. The molecule has 2 saturated heterocycles. The largest absolute Gasteiger partial charge is 0.467 e. The molecule has 3 aromatic carbocycles. The minimum atomic E-state index is -1.65. The molecule has 8 atom stereocenters. The topological polar surface area (TPSA) is 183 Å². The minimum Gasteiger partial charge on any atom is -0.467 e. The number of hydrogen-bond acceptors (Lipinski definition) is 15. The summed E-state index contributed by atoms with van der Waals surface area (Å²) >= 11 is 1.28. The van der Waals surface area contributed by atoms with E-state index in [0.717, 1.165) is 39.0 Å². The number of hydrogen-bond donors (Lipinski definition) is 0. The molecule has 0 aliphatic carbocycles. The third kappa shape index (κ3) is 10.1. The highest BCUT2D eigenvalue weighted by molar-refractivity contribution is 8.00. The lowest BCUT2D eigenvalue weighted by Gasteiger charge is -2.47. The maximum absolute atomic E-state index is 14.0. The summed E-state index contributed by atoms with van der Waals surface area (Å²) in [6.45, 7) is 4.54. The predicted molar refractivity (Wildman–Crippen MR) is 211 cm³/mol. The molecule has 4 aromatic rings. The second-order valence-corrected chi connectivity index (χ2v) is 14.9. The van der Waals surface area contributed by atoms with Gasteiger partial charge in [0.1, 0.15) is 22.9 Å². The van der Waals surface area contributed by atoms with E-state index in [1.807, 2.05) is 36.4 Å². The van der Waals surface area contributed by atoms with Crippen molar-refractivity contribution in [1.82, 2.24) is 4.98 Å². The van der Waals surface area contributed by atoms with E-state index >= 15 is 0 Å². The summed E-state index contributed by atoms with van der Waals surface area (Å²) < 4.78 is 52.5. The van der Waals surface area contributed by atoms with Crippen molar-refractivity contribution in [2.75, 3.05) is 17.8 Å². The molecule has 0 saturated carbocycles. The summed E-state index contributed by atoms with van der Waals surface area (Å²) in [5.41, 5.74) is 3.66. The Morgan fingerprint density at radius 3 is 2.00 bits per heavy atom. The number of esters is 5. The molecular formula is C43H41FN2O13S. The molecule has 0 unspecified atom stereocenters. The number of nitrogens with zero attached hydrogens (tertiary/aromatic N) is 2. The van der Waals surface area contributed by atoms with Crippen LogP contribution in [0.3, 0.4) is 0 Å². The van der Waals surface area contributed by atoms with Gasteiger partial charge < -0.3 is 38.1 Å². The molecule has 0 radical (unpaired) electrons. The number of amides is 1. The summed E-state index contributed by atoms with van der Waals surface area (Å²) in [6.07, 6.45) is -5.20. The van der Waals surface area contributed by atoms with Crippen molar-refractivity contribution in [2.24, 2.45) is 0 Å². The molecule has 60 heavy (non-hydrogen) atoms. The van der Waals surface area contributed by atoms with Gasteiger partial charge in [-0.2, -0.15) is 0 Å². The number of anilines is 1. The van der Waals surface area contributed by atoms with E-state index in [4.69, 9.17) is 33.2 Å². The Bertz CT molecular complexity index is 2190. The van der Waals surface area contributed by atoms with Gasteiger partial charge in [-0.1, -0.05) is 42.5 Å². The van der Waals surface area contributed by atoms with E-state index in [1.54, 1.807) is 41.6 Å². The smallest absolute Gasteiger partial charge is 0.339 e. The van der Waals surface area contributed by atoms with E-state index in [0.29, 0.717) is 16.8 Å². The molecule has 0 N–H and O–H groups in total. The van der Waals surface area contributed by atoms with Crippen molar-refractivity contribution in [3.63, 3.8) is 0 Å². The minimum absolute atomic E-state index is 0.158. The number of methoxy groups -OCH3 is 1. The van der Waals surface area contributed by atoms with Crippen molar-refractivity contribution in [3.8, 4) is 16.9 Å². The van der Waals surface area contributed by atoms with Crippen molar-refractivity contribution in [2.45, 2.75) is 75.8 Å². The monoisotopic (exact) mass is 844 g/mol. The second-order valence-electron chi connectivity index (χ2n) is 13.7. The number of aromatic nitrogens is 1. The first-order valence-corrected chi connectivity index (χ1v) is 19.7. The zero-order valence-electron chi connectivity index (χ0n) is 33.1. The summed E-state index contributed by atoms with van der Waals surface area (Å²) in [7, 11) is 1.08. The molecule has 2 aliphatic heterocycles. The van der Waals surface area contributed by atoms with E-state index in [2.05, 4.69) is 4.98 Å². The van der Waals surface area contributed by atoms with Crippen molar-refractivity contribution < 1.29 is 66.3 Å². The van der Waals surface area contributed by atoms with Gasteiger partial charge in [0.15, 0.2) is 18.3 Å². The van der Waals surface area contributed by atoms with E-state index < -0.39 is 83.8 Å². The Hall–Kier alpha value is -6.33. The first-order valence-electron chi connectivity index (χ1n) is 18.6. The second kappa shape index (κ2) is 19.2. The van der Waals surface area contributed by atoms with Gasteiger partial charge in [0.25, 0.3) is 0 Å². The highest BCUT2D eigenvalue weighted by Gasteiger charge is 2.56. The van der Waals surface area contributed by atoms with E-state index in [-0.39, 0.29) is 17.4 Å². The van der Waals surface area contributed by atoms with Gasteiger partial charge in [-0.15, -0.1) is 11.8 Å². The van der Waals surface area contributed by atoms with Gasteiger partial charge in [-0.25, -0.2) is 9.18 Å². The Kier molecular flexibility index (Phi) is 13.8. The predicted octanol–water partition coefficient (Wildman–Crippen LogP) is 5.45. The number of pyridine rings is 1. The molecule has 0 spiro atoms. The van der Waals surface area contributed by atoms with Crippen LogP contribution in [0.4, 0.5) is 10.1 Å². The van der Waals surface area contributed by atoms with Crippen molar-refractivity contribution in [1.29, 1.82) is 0 Å². The van der Waals surface area contributed by atoms with Crippen LogP contribution in [-0.4, -0.2) is 89.6 Å². The van der Waals surface area contributed by atoms with Crippen LogP contribution in [0.1, 0.15) is 51.0 Å². The summed E-state index contributed by atoms with van der Waals surface area (Å²) in [5, 5.41) is -0.646. The molecule has 314 valence electrons. The first kappa shape index (κ1) is 43.3. The molecule has 2 aliphatic rings. The van der Waals surface area contributed by atoms with E-state index in [1.165, 1.54) is 43.0 Å². The number of benzene rings is 3. The maximum Gasteiger partial charge on any atom is 0.339 e. The Balaban J connectivity index is 1.30. The Morgan fingerprint density at radius 1 is 0.783 bits per heavy atom. The number of carbonyl (C=O) groups excluding carboxylic acids is 6. The first-order chi connectivity index (χ1) is 28.7. The number of rotatable bonds is 14. The summed E-state index contributed by atoms with van der Waals surface area (Å²) in [5.74, 6) is -4.32. The van der Waals surface area contributed by atoms with Crippen LogP contribution in [0.25, 0.3) is 11.1 Å². The fourth-order valence-corrected chi connectivity index (χ4v) is 8.26. The third-order valence-corrected chi connectivity index (χ3v) is 10.8. The van der Waals surface area contributed by atoms with Crippen LogP contribution in [0.5, 0.6) is 5.75 Å². The molecule has 2 fully saturated rings. The van der Waals surface area contributed by atoms with E-state index in [9.17, 15) is 33.2 Å². The zero-order valence-corrected chi connectivity index (χ0v) is 33.9. The van der Waals surface area contributed by atoms with Crippen LogP contribution >= 0.6 is 11.8 Å². The standard InChI is InChI=1S/C43H41FN2O13S/c1-23(47)54-34(28-8-14-31(44)15-9-28)22-60-40-35(46(41(40)51)32-16-10-27(11-17-32)30-7-6-20-45-21-30)29-12-18-33(19-13-29)58-43-39(57-26(4)50)37(56-25(3)49)36(55-24(2)48)38(59-43)42(52)53-5/h6-21,34-40,43H,22H2,1-5H3/t34-,35+,36-,37-,38-,39+,40+,43+/m0/s1. The molecule has 17 heteroatoms. The van der Waals surface area contributed by atoms with Gasteiger partial charge >= 0.3 is 29.8 Å². The molecule has 15 nitrogen and oxygen atoms in total. The summed E-state index contributed by atoms with van der Waals surface area (Å²) in [6, 6.07) is 22.8. The number of ether oxygens (including phenoxy) is 7. The van der Waals surface area contributed by atoms with Crippen LogP contribution in [0.15, 0.2) is 97.3 Å². The van der Waals surface area contributed by atoms with Gasteiger partial charge in [-0.3, -0.25) is 29.0 Å². The van der Waals surface area contributed by atoms with Gasteiger partial charge in [-0.05, 0) is 64.7 Å². The Labute approximate surface area is 348 Å². The molecule has 3 heterocycles. The number of thioether (sulfide) groups is 1. The normalized spacial score (nSPS) is 22.7. The van der Waals surface area contributed by atoms with Crippen LogP contribution in [0, 0.1) is 5.82 Å². The van der Waals surface area contributed by atoms with Crippen LogP contribution in [-0.2, 0) is 57.2 Å². The third-order valence-electron chi connectivity index (χ3n) is 9.47. The number of carbonyl (C=O) groups is 6. The summed E-state index contributed by atoms with van der Waals surface area (Å²) in [4.78, 5) is 81.4. The van der Waals surface area contributed by atoms with Gasteiger partial charge in [0.05, 0.1) is 13.2 Å². The molecule has 1 amide bonds. The SMILES string of the molecule is COC(=O)[C@H]1O[C@@H](Oc2ccc([C@@H]3[C@@H](SC[C@H](OC(C)=O)c4ccc(F)cc4)C(=O)N3c3ccc(-c4cccnc4)cc3)cc2)[C@H](OC(C)=O)[C@@H](OC(C)=O)[C@@H]1OC(C)=O. The number of halogens is 1. The fraction of sp³-hybridized carbons (Fsp3) is 0.326. The van der Waals surface area contributed by atoms with Crippen molar-refractivity contribution >= 4 is 53.2 Å². The molecule has 6 rings (SSSR count). The highest BCUT2D eigenvalue weighted by atomic mass is 32.2. The Morgan fingerprint density at radius 2 is 1.42 bits per heavy atom. The van der Waals surface area contributed by atoms with Gasteiger partial charge in [0, 0.05) is 51.5 Å². The quantitative estimate of drug-likeness (QED) is 0.0886. The lowest BCUT2D eigenvalue weighted by atomic mass is 9.92. The molecule has 0 bridgehead atoms.